The number of anilines is 3. The number of aryl methyl sites for hydroxylation is 2. The first-order valence-corrected chi connectivity index (χ1v) is 41.2. The smallest absolute Gasteiger partial charge is 0.236 e. The Morgan fingerprint density at radius 2 is 1.17 bits per heavy atom. The third-order valence-corrected chi connectivity index (χ3v) is 19.7. The van der Waals surface area contributed by atoms with Crippen LogP contribution in [0, 0.1) is 13.8 Å². The van der Waals surface area contributed by atoms with Gasteiger partial charge in [-0.25, -0.2) is 50.2 Å². The Hall–Kier alpha value is -12.5. The molecule has 0 radical (unpaired) electrons. The fourth-order valence-electron chi connectivity index (χ4n) is 10.8. The van der Waals surface area contributed by atoms with Crippen molar-refractivity contribution in [3.8, 4) is 34.3 Å². The van der Waals surface area contributed by atoms with Crippen LogP contribution in [0.25, 0.3) is 66.1 Å². The lowest BCUT2D eigenvalue weighted by molar-refractivity contribution is 0.268. The van der Waals surface area contributed by atoms with Crippen molar-refractivity contribution < 1.29 is 39.1 Å². The molecule has 111 heavy (non-hydrogen) atoms. The van der Waals surface area contributed by atoms with Gasteiger partial charge < -0.3 is 18.5 Å². The predicted molar refractivity (Wildman–Crippen MR) is 448 cm³/mol. The molecule has 0 spiro atoms. The Morgan fingerprint density at radius 3 is 1.86 bits per heavy atom. The van der Waals surface area contributed by atoms with Crippen molar-refractivity contribution in [2.45, 2.75) is 66.2 Å². The summed E-state index contributed by atoms with van der Waals surface area (Å²) < 4.78 is 94.1. The van der Waals surface area contributed by atoms with Crippen LogP contribution >= 0.6 is 11.3 Å². The second kappa shape index (κ2) is 41.2. The number of hydrogen-bond acceptors (Lipinski definition) is 18. The van der Waals surface area contributed by atoms with E-state index in [9.17, 15) is 25.3 Å². The van der Waals surface area contributed by atoms with Crippen molar-refractivity contribution in [2.75, 3.05) is 33.3 Å². The maximum atomic E-state index is 11.5. The highest BCUT2D eigenvalue weighted by atomic mass is 32.2. The van der Waals surface area contributed by atoms with Crippen LogP contribution in [-0.4, -0.2) is 98.6 Å². The number of sulfonamides is 3. The van der Waals surface area contributed by atoms with E-state index in [4.69, 9.17) is 18.9 Å². The van der Waals surface area contributed by atoms with Crippen molar-refractivity contribution in [3.05, 3.63) is 332 Å². The molecule has 0 aliphatic heterocycles. The minimum Gasteiger partial charge on any atom is -0.492 e. The average Bonchev–Trinajstić information content (AvgIpc) is 1.66. The molecule has 1 fully saturated rings. The van der Waals surface area contributed by atoms with E-state index < -0.39 is 30.1 Å². The van der Waals surface area contributed by atoms with Gasteiger partial charge in [-0.1, -0.05) is 155 Å². The summed E-state index contributed by atoms with van der Waals surface area (Å²) in [5.41, 5.74) is 8.44. The van der Waals surface area contributed by atoms with E-state index >= 15 is 0 Å². The predicted octanol–water partition coefficient (Wildman–Crippen LogP) is 18.6. The summed E-state index contributed by atoms with van der Waals surface area (Å²) in [7, 11) is -9.64. The first kappa shape index (κ1) is 82.6. The van der Waals surface area contributed by atoms with E-state index in [1.807, 2.05) is 76.2 Å². The fourth-order valence-corrected chi connectivity index (χ4v) is 13.9. The van der Waals surface area contributed by atoms with E-state index in [1.54, 1.807) is 85.1 Å². The first-order valence-electron chi connectivity index (χ1n) is 35.0. The molecular weight excluding hydrogens is 1480 g/mol. The summed E-state index contributed by atoms with van der Waals surface area (Å²) in [6.07, 6.45) is 24.1. The quantitative estimate of drug-likeness (QED) is 0.0763. The van der Waals surface area contributed by atoms with Gasteiger partial charge in [0.1, 0.15) is 36.1 Å². The number of para-hydroxylation sites is 2. The third kappa shape index (κ3) is 25.8. The van der Waals surface area contributed by atoms with Gasteiger partial charge in [-0.3, -0.25) is 33.7 Å². The Labute approximate surface area is 652 Å². The molecule has 0 amide bonds. The van der Waals surface area contributed by atoms with E-state index in [-0.39, 0.29) is 18.5 Å². The number of ether oxygens (including phenoxy) is 2. The monoisotopic (exact) mass is 1560 g/mol. The molecule has 22 nitrogen and oxygen atoms in total. The number of pyridine rings is 4. The third-order valence-electron chi connectivity index (χ3n) is 15.8. The zero-order chi connectivity index (χ0) is 77.6. The molecular formula is C85H87N13O9S4. The molecule has 6 aromatic carbocycles. The van der Waals surface area contributed by atoms with Gasteiger partial charge in [-0.05, 0) is 145 Å². The Balaban J connectivity index is 0.000000150. The molecule has 0 unspecified atom stereocenters. The summed E-state index contributed by atoms with van der Waals surface area (Å²) >= 11 is 1.76. The van der Waals surface area contributed by atoms with Gasteiger partial charge in [0.05, 0.1) is 83.5 Å². The molecule has 17 rings (SSSR count). The van der Waals surface area contributed by atoms with E-state index in [0.29, 0.717) is 30.5 Å². The van der Waals surface area contributed by atoms with Crippen molar-refractivity contribution in [1.29, 1.82) is 0 Å². The van der Waals surface area contributed by atoms with Gasteiger partial charge in [0.15, 0.2) is 11.6 Å². The number of fused-ring (bicyclic) bond motifs is 4. The molecule has 0 saturated heterocycles. The molecule has 1 aliphatic carbocycles. The summed E-state index contributed by atoms with van der Waals surface area (Å²) in [6, 6.07) is 77.0. The molecule has 570 valence electrons. The van der Waals surface area contributed by atoms with Gasteiger partial charge in [0.25, 0.3) is 0 Å². The molecule has 3 N–H and O–H groups in total. The number of furan rings is 1. The maximum Gasteiger partial charge on any atom is 0.236 e. The Morgan fingerprint density at radius 1 is 0.514 bits per heavy atom. The minimum absolute atomic E-state index is 0. The zero-order valence-corrected chi connectivity index (χ0v) is 64.6. The SMILES string of the molecule is C.CC.CS(=O)(=O)Nc1cccc2cnccc12.CS(=O)(=O)Nc1cnccn1.Cc1cccc(-n2c(-c3ccccc3)cc3ccccc32)n1.Cc1cccc(NS(=O)(=O)C2CC2)n1.c1ccc2c(-n3ccc4ccccc43)cccc2c1.c1cncc(OCCc2cccs2)c1.c1coc(COc2cncnc2)c1. The second-order valence-corrected chi connectivity index (χ2v) is 30.7. The largest absolute Gasteiger partial charge is 0.492 e. The van der Waals surface area contributed by atoms with Crippen LogP contribution in [0.2, 0.25) is 0 Å². The van der Waals surface area contributed by atoms with Crippen molar-refractivity contribution >= 4 is 102 Å². The van der Waals surface area contributed by atoms with E-state index in [0.717, 1.165) is 71.3 Å². The minimum atomic E-state index is -3.24. The van der Waals surface area contributed by atoms with Crippen molar-refractivity contribution in [1.82, 2.24) is 49.0 Å². The highest BCUT2D eigenvalue weighted by Gasteiger charge is 2.36. The molecule has 10 heterocycles. The highest BCUT2D eigenvalue weighted by Crippen LogP contribution is 2.33. The Kier molecular flexibility index (Phi) is 30.6. The molecule has 0 bridgehead atoms. The lowest BCUT2D eigenvalue weighted by atomic mass is 10.1. The van der Waals surface area contributed by atoms with E-state index in [1.165, 1.54) is 79.3 Å². The number of nitrogens with zero attached hydrogens (tertiary/aromatic N) is 10. The standard InChI is InChI=1S/C20H16N2.C18H13N.C11H11NOS.C10H10N2O2S.C9H12N2O2S.C9H8N2O2.C5H7N3O2S.C2H6.CH4/c1-15-8-7-13-20(21-15)22-18-12-6-5-11-17(18)14-19(22)16-9-3-2-4-10-16;1-3-9-16-14(6-1)8-5-11-18(16)19-13-12-15-7-2-4-10-17(15)19;1-3-10(9-12-6-1)13-7-5-11-4-2-8-14-11;1-15(13,14)12-10-4-2-3-8-7-11-6-5-9(8)10;1-7-3-2-4-9(10-7)11-14(12,13)8-5-6-8;1-2-8(12-3-1)6-13-9-4-10-7-11-5-9;1-11(9,10)8-5-4-6-2-3-7-5;1-2;/h2-14H,1H3;1-13H;1-4,6,8-9H,5,7H2;2-7,12H,1H3;2-4,8H,5-6H2,1H3,(H,10,11);1-5,7H,6H2;2-4H,1H3,(H,7,8);1-2H3;1H4. The summed E-state index contributed by atoms with van der Waals surface area (Å²) in [6.45, 7) is 8.97. The number of aromatic nitrogens is 10. The summed E-state index contributed by atoms with van der Waals surface area (Å²) in [5.74, 6) is 3.86. The zero-order valence-electron chi connectivity index (χ0n) is 61.3. The first-order chi connectivity index (χ1) is 53.4. The molecule has 1 aliphatic rings. The van der Waals surface area contributed by atoms with Crippen LogP contribution in [0.4, 0.5) is 17.3 Å². The fraction of sp³-hybridized carbons (Fsp3) is 0.153. The maximum absolute atomic E-state index is 11.5. The lowest BCUT2D eigenvalue weighted by Gasteiger charge is -2.11. The Bertz CT molecular complexity index is 5840. The highest BCUT2D eigenvalue weighted by molar-refractivity contribution is 7.93. The molecule has 1 saturated carbocycles. The van der Waals surface area contributed by atoms with Crippen LogP contribution in [0.15, 0.2) is 315 Å². The molecule has 26 heteroatoms. The number of rotatable bonds is 17. The van der Waals surface area contributed by atoms with Crippen molar-refractivity contribution in [2.24, 2.45) is 0 Å². The summed E-state index contributed by atoms with van der Waals surface area (Å²) in [4.78, 5) is 33.1. The topological polar surface area (TPSA) is 283 Å². The number of thiophene rings is 1. The van der Waals surface area contributed by atoms with Gasteiger partial charge in [-0.2, -0.15) is 0 Å². The van der Waals surface area contributed by atoms with E-state index in [2.05, 4.69) is 221 Å². The van der Waals surface area contributed by atoms with Gasteiger partial charge >= 0.3 is 0 Å². The van der Waals surface area contributed by atoms with Crippen LogP contribution in [0.5, 0.6) is 11.5 Å². The molecule has 10 aromatic heterocycles. The van der Waals surface area contributed by atoms with Crippen molar-refractivity contribution in [3.63, 3.8) is 0 Å². The summed E-state index contributed by atoms with van der Waals surface area (Å²) in [5, 5.41) is 8.69. The van der Waals surface area contributed by atoms with Crippen LogP contribution in [0.3, 0.4) is 0 Å². The average molecular weight is 1560 g/mol. The molecule has 0 atom stereocenters. The molecule has 16 aromatic rings. The van der Waals surface area contributed by atoms with Gasteiger partial charge in [0, 0.05) is 81.4 Å². The van der Waals surface area contributed by atoms with Crippen LogP contribution in [0.1, 0.15) is 56.1 Å². The number of nitrogens with one attached hydrogen (secondary N) is 3. The normalized spacial score (nSPS) is 11.3. The van der Waals surface area contributed by atoms with Gasteiger partial charge in [-0.15, -0.1) is 11.3 Å². The van der Waals surface area contributed by atoms with Gasteiger partial charge in [0.2, 0.25) is 30.1 Å². The second-order valence-electron chi connectivity index (χ2n) is 24.2. The van der Waals surface area contributed by atoms with Crippen LogP contribution < -0.4 is 23.6 Å². The number of hydrogen-bond donors (Lipinski definition) is 3. The lowest BCUT2D eigenvalue weighted by Crippen LogP contribution is -2.18. The number of benzene rings is 6. The van der Waals surface area contributed by atoms with Crippen LogP contribution in [-0.2, 0) is 43.1 Å².